The molecule has 2 aromatic heterocycles. The molecule has 0 N–H and O–H groups in total. The summed E-state index contributed by atoms with van der Waals surface area (Å²) < 4.78 is 9.19. The van der Waals surface area contributed by atoms with Crippen LogP contribution in [0, 0.1) is 6.92 Å². The van der Waals surface area contributed by atoms with Crippen molar-refractivity contribution in [3.05, 3.63) is 179 Å². The van der Waals surface area contributed by atoms with Crippen molar-refractivity contribution in [2.24, 2.45) is 0 Å². The van der Waals surface area contributed by atoms with Gasteiger partial charge in [0.15, 0.2) is 0 Å². The van der Waals surface area contributed by atoms with Gasteiger partial charge < -0.3 is 8.98 Å². The Bertz CT molecular complexity index is 3020. The SMILES string of the molecule is C=C1c2ccccc2C(C)(C)c2ccc(-c3ccc(-n4c5ccc(-c6ccccc6C6CCC6)c(C)c5c5c6oc7ccccc7c6ccc54)cc3)cc21. The molecule has 0 spiro atoms. The van der Waals surface area contributed by atoms with Crippen molar-refractivity contribution in [1.82, 2.24) is 4.57 Å². The zero-order chi connectivity index (χ0) is 36.3. The molecule has 0 unspecified atom stereocenters. The number of para-hydroxylation sites is 1. The summed E-state index contributed by atoms with van der Waals surface area (Å²) in [7, 11) is 0. The van der Waals surface area contributed by atoms with Crippen LogP contribution in [0.5, 0.6) is 0 Å². The van der Waals surface area contributed by atoms with E-state index >= 15 is 0 Å². The molecule has 2 aliphatic rings. The molecule has 2 heterocycles. The topological polar surface area (TPSA) is 18.1 Å². The van der Waals surface area contributed by atoms with Crippen LogP contribution < -0.4 is 0 Å². The molecule has 1 saturated carbocycles. The Labute approximate surface area is 316 Å². The molecule has 2 heteroatoms. The molecule has 0 atom stereocenters. The summed E-state index contributed by atoms with van der Waals surface area (Å²) in [5.74, 6) is 0.647. The molecule has 0 amide bonds. The predicted octanol–water partition coefficient (Wildman–Crippen LogP) is 14.3. The molecule has 11 rings (SSSR count). The molecule has 7 aromatic carbocycles. The van der Waals surface area contributed by atoms with Crippen molar-refractivity contribution in [3.63, 3.8) is 0 Å². The Balaban J connectivity index is 1.09. The number of benzene rings is 7. The number of fused-ring (bicyclic) bond motifs is 9. The lowest BCUT2D eigenvalue weighted by Gasteiger charge is -2.36. The smallest absolute Gasteiger partial charge is 0.145 e. The quantitative estimate of drug-likeness (QED) is 0.179. The second kappa shape index (κ2) is 11.4. The van der Waals surface area contributed by atoms with Crippen LogP contribution in [-0.4, -0.2) is 4.57 Å². The molecule has 0 bridgehead atoms. The second-order valence-corrected chi connectivity index (χ2v) is 16.1. The molecule has 9 aromatic rings. The largest absolute Gasteiger partial charge is 0.455 e. The van der Waals surface area contributed by atoms with Crippen LogP contribution in [0.4, 0.5) is 0 Å². The van der Waals surface area contributed by atoms with Gasteiger partial charge >= 0.3 is 0 Å². The number of aromatic nitrogens is 1. The highest BCUT2D eigenvalue weighted by atomic mass is 16.3. The molecule has 260 valence electrons. The highest BCUT2D eigenvalue weighted by Crippen LogP contribution is 2.48. The van der Waals surface area contributed by atoms with E-state index < -0.39 is 0 Å². The highest BCUT2D eigenvalue weighted by Gasteiger charge is 2.34. The average molecular weight is 696 g/mol. The summed E-state index contributed by atoms with van der Waals surface area (Å²) in [6.07, 6.45) is 3.88. The van der Waals surface area contributed by atoms with E-state index in [0.29, 0.717) is 5.92 Å². The molecular formula is C52H41NO. The Kier molecular flexibility index (Phi) is 6.65. The van der Waals surface area contributed by atoms with Gasteiger partial charge in [0.05, 0.1) is 16.4 Å². The standard InChI is InChI=1S/C52H41NO/c1-31-38-14-7-9-18-44(38)52(3,4)45-27-22-35(30-43(31)45)33-20-23-36(24-21-33)53-46-28-25-37(40-16-6-5-15-39(40)34-12-11-13-34)32(2)49(46)50-47(53)29-26-42-41-17-8-10-19-48(41)54-51(42)50/h5-10,14-30,34H,1,11-13H2,2-4H3. The van der Waals surface area contributed by atoms with E-state index in [1.165, 1.54) is 91.2 Å². The van der Waals surface area contributed by atoms with Gasteiger partial charge in [-0.1, -0.05) is 124 Å². The number of hydrogen-bond donors (Lipinski definition) is 0. The van der Waals surface area contributed by atoms with Crippen LogP contribution in [0.3, 0.4) is 0 Å². The normalized spacial score (nSPS) is 15.2. The molecular weight excluding hydrogens is 655 g/mol. The summed E-state index contributed by atoms with van der Waals surface area (Å²) in [6.45, 7) is 11.5. The van der Waals surface area contributed by atoms with E-state index in [9.17, 15) is 0 Å². The number of hydrogen-bond acceptors (Lipinski definition) is 1. The van der Waals surface area contributed by atoms with Crippen molar-refractivity contribution >= 4 is 49.3 Å². The van der Waals surface area contributed by atoms with E-state index in [-0.39, 0.29) is 5.41 Å². The van der Waals surface area contributed by atoms with E-state index in [4.69, 9.17) is 4.42 Å². The van der Waals surface area contributed by atoms with Crippen LogP contribution >= 0.6 is 0 Å². The minimum atomic E-state index is -0.0887. The summed E-state index contributed by atoms with van der Waals surface area (Å²) in [5.41, 5.74) is 19.4. The van der Waals surface area contributed by atoms with Crippen LogP contribution in [0.2, 0.25) is 0 Å². The van der Waals surface area contributed by atoms with E-state index in [1.54, 1.807) is 0 Å². The van der Waals surface area contributed by atoms with Gasteiger partial charge in [-0.05, 0) is 129 Å². The van der Waals surface area contributed by atoms with Crippen LogP contribution in [-0.2, 0) is 5.41 Å². The minimum Gasteiger partial charge on any atom is -0.455 e. The third-order valence-corrected chi connectivity index (χ3v) is 12.9. The first kappa shape index (κ1) is 31.4. The average Bonchev–Trinajstić information content (AvgIpc) is 3.73. The first-order chi connectivity index (χ1) is 26.4. The van der Waals surface area contributed by atoms with Gasteiger partial charge in [-0.2, -0.15) is 0 Å². The van der Waals surface area contributed by atoms with E-state index in [0.717, 1.165) is 38.7 Å². The van der Waals surface area contributed by atoms with Gasteiger partial charge in [0, 0.05) is 27.3 Å². The van der Waals surface area contributed by atoms with Crippen LogP contribution in [0.25, 0.3) is 77.3 Å². The van der Waals surface area contributed by atoms with E-state index in [1.807, 2.05) is 0 Å². The minimum absolute atomic E-state index is 0.0887. The fourth-order valence-electron chi connectivity index (χ4n) is 9.83. The molecule has 0 saturated heterocycles. The number of nitrogens with zero attached hydrogens (tertiary/aromatic N) is 1. The monoisotopic (exact) mass is 695 g/mol. The van der Waals surface area contributed by atoms with Crippen LogP contribution in [0.1, 0.15) is 72.4 Å². The Hall–Kier alpha value is -6.12. The zero-order valence-corrected chi connectivity index (χ0v) is 31.0. The van der Waals surface area contributed by atoms with Gasteiger partial charge in [0.25, 0.3) is 0 Å². The molecule has 2 nitrogen and oxygen atoms in total. The van der Waals surface area contributed by atoms with E-state index in [2.05, 4.69) is 171 Å². The Morgan fingerprint density at radius 2 is 1.30 bits per heavy atom. The maximum Gasteiger partial charge on any atom is 0.145 e. The summed E-state index contributed by atoms with van der Waals surface area (Å²) in [6, 6.07) is 51.5. The first-order valence-electron chi connectivity index (χ1n) is 19.4. The molecule has 0 aliphatic heterocycles. The molecule has 1 fully saturated rings. The number of rotatable bonds is 4. The van der Waals surface area contributed by atoms with Crippen LogP contribution in [0.15, 0.2) is 151 Å². The van der Waals surface area contributed by atoms with Gasteiger partial charge in [-0.15, -0.1) is 0 Å². The van der Waals surface area contributed by atoms with Crippen molar-refractivity contribution in [1.29, 1.82) is 0 Å². The fraction of sp³-hybridized carbons (Fsp3) is 0.154. The number of aryl methyl sites for hydroxylation is 1. The summed E-state index contributed by atoms with van der Waals surface area (Å²) in [4.78, 5) is 0. The lowest BCUT2D eigenvalue weighted by Crippen LogP contribution is -2.26. The Morgan fingerprint density at radius 1 is 0.611 bits per heavy atom. The lowest BCUT2D eigenvalue weighted by molar-refractivity contribution is 0.420. The second-order valence-electron chi connectivity index (χ2n) is 16.1. The van der Waals surface area contributed by atoms with Crippen molar-refractivity contribution in [2.75, 3.05) is 0 Å². The number of furan rings is 1. The zero-order valence-electron chi connectivity index (χ0n) is 31.0. The summed E-state index contributed by atoms with van der Waals surface area (Å²) in [5, 5.41) is 4.76. The fourth-order valence-corrected chi connectivity index (χ4v) is 9.83. The van der Waals surface area contributed by atoms with Gasteiger partial charge in [-0.25, -0.2) is 0 Å². The highest BCUT2D eigenvalue weighted by molar-refractivity contribution is 6.25. The van der Waals surface area contributed by atoms with Crippen molar-refractivity contribution < 1.29 is 4.42 Å². The maximum atomic E-state index is 6.76. The third-order valence-electron chi connectivity index (χ3n) is 12.9. The van der Waals surface area contributed by atoms with Gasteiger partial charge in [-0.3, -0.25) is 0 Å². The molecule has 54 heavy (non-hydrogen) atoms. The molecule has 2 aliphatic carbocycles. The van der Waals surface area contributed by atoms with Gasteiger partial charge in [0.2, 0.25) is 0 Å². The molecule has 0 radical (unpaired) electrons. The lowest BCUT2D eigenvalue weighted by atomic mass is 9.67. The predicted molar refractivity (Wildman–Crippen MR) is 227 cm³/mol. The van der Waals surface area contributed by atoms with Gasteiger partial charge in [0.1, 0.15) is 11.2 Å². The summed E-state index contributed by atoms with van der Waals surface area (Å²) >= 11 is 0. The third kappa shape index (κ3) is 4.34. The van der Waals surface area contributed by atoms with Crippen molar-refractivity contribution in [2.45, 2.75) is 51.4 Å². The van der Waals surface area contributed by atoms with Crippen molar-refractivity contribution in [3.8, 4) is 27.9 Å². The maximum absolute atomic E-state index is 6.76. The first-order valence-corrected chi connectivity index (χ1v) is 19.4. The Morgan fingerprint density at radius 3 is 2.11 bits per heavy atom.